The van der Waals surface area contributed by atoms with Crippen molar-refractivity contribution >= 4 is 0 Å². The summed E-state index contributed by atoms with van der Waals surface area (Å²) >= 11 is 0. The van der Waals surface area contributed by atoms with Crippen LogP contribution in [0, 0.1) is 5.41 Å². The molecule has 0 atom stereocenters. The van der Waals surface area contributed by atoms with E-state index in [1.807, 2.05) is 7.05 Å². The number of hydrogen-bond acceptors (Lipinski definition) is 1. The van der Waals surface area contributed by atoms with Gasteiger partial charge in [-0.15, -0.1) is 6.58 Å². The molecule has 0 fully saturated rings. The maximum atomic E-state index is 3.93. The highest BCUT2D eigenvalue weighted by atomic mass is 14.8. The molecule has 11 heavy (non-hydrogen) atoms. The lowest BCUT2D eigenvalue weighted by atomic mass is 9.83. The first-order valence-corrected chi connectivity index (χ1v) is 4.27. The number of allylic oxidation sites excluding steroid dienone is 1. The van der Waals surface area contributed by atoms with Gasteiger partial charge in [0.2, 0.25) is 0 Å². The van der Waals surface area contributed by atoms with Gasteiger partial charge < -0.3 is 5.32 Å². The van der Waals surface area contributed by atoms with Crippen LogP contribution in [0.25, 0.3) is 0 Å². The summed E-state index contributed by atoms with van der Waals surface area (Å²) in [6.45, 7) is 11.7. The van der Waals surface area contributed by atoms with E-state index in [0.717, 1.165) is 13.0 Å². The molecule has 0 aromatic carbocycles. The summed E-state index contributed by atoms with van der Waals surface area (Å²) in [5.41, 5.74) is 1.69. The Bertz CT molecular complexity index is 125. The van der Waals surface area contributed by atoms with Crippen LogP contribution in [0.4, 0.5) is 0 Å². The summed E-state index contributed by atoms with van der Waals surface area (Å²) in [5.74, 6) is 0. The lowest BCUT2D eigenvalue weighted by Gasteiger charge is -2.24. The van der Waals surface area contributed by atoms with Crippen molar-refractivity contribution in [2.24, 2.45) is 5.41 Å². The topological polar surface area (TPSA) is 12.0 Å². The second kappa shape index (κ2) is 4.55. The second-order valence-electron chi connectivity index (χ2n) is 4.15. The van der Waals surface area contributed by atoms with Crippen molar-refractivity contribution in [3.8, 4) is 0 Å². The van der Waals surface area contributed by atoms with Crippen LogP contribution in [-0.2, 0) is 0 Å². The van der Waals surface area contributed by atoms with Crippen molar-refractivity contribution < 1.29 is 0 Å². The third-order valence-electron chi connectivity index (χ3n) is 1.83. The Morgan fingerprint density at radius 3 is 2.36 bits per heavy atom. The SMILES string of the molecule is C=C(C)CC(C)(C)CCNC. The molecule has 0 aliphatic carbocycles. The summed E-state index contributed by atoms with van der Waals surface area (Å²) in [5, 5.41) is 3.17. The maximum Gasteiger partial charge on any atom is -0.00467 e. The summed E-state index contributed by atoms with van der Waals surface area (Å²) in [4.78, 5) is 0. The molecule has 1 nitrogen and oxygen atoms in total. The van der Waals surface area contributed by atoms with Crippen LogP contribution >= 0.6 is 0 Å². The van der Waals surface area contributed by atoms with Crippen molar-refractivity contribution in [2.45, 2.75) is 33.6 Å². The molecule has 0 aliphatic heterocycles. The Hall–Kier alpha value is -0.300. The van der Waals surface area contributed by atoms with Crippen LogP contribution in [0.1, 0.15) is 33.6 Å². The second-order valence-corrected chi connectivity index (χ2v) is 4.15. The minimum atomic E-state index is 0.412. The zero-order valence-electron chi connectivity index (χ0n) is 8.33. The van der Waals surface area contributed by atoms with Gasteiger partial charge in [-0.2, -0.15) is 0 Å². The van der Waals surface area contributed by atoms with Gasteiger partial charge in [0, 0.05) is 0 Å². The van der Waals surface area contributed by atoms with Gasteiger partial charge in [0.25, 0.3) is 0 Å². The molecule has 0 rings (SSSR count). The molecular weight excluding hydrogens is 134 g/mol. The van der Waals surface area contributed by atoms with Crippen molar-refractivity contribution in [1.82, 2.24) is 5.32 Å². The molecule has 0 saturated heterocycles. The Balaban J connectivity index is 3.70. The molecule has 0 spiro atoms. The smallest absolute Gasteiger partial charge is 0.00467 e. The molecule has 0 unspecified atom stereocenters. The van der Waals surface area contributed by atoms with Crippen LogP contribution in [0.3, 0.4) is 0 Å². The van der Waals surface area contributed by atoms with Gasteiger partial charge >= 0.3 is 0 Å². The third kappa shape index (κ3) is 6.11. The number of nitrogens with one attached hydrogen (secondary N) is 1. The van der Waals surface area contributed by atoms with Crippen molar-refractivity contribution in [3.05, 3.63) is 12.2 Å². The summed E-state index contributed by atoms with van der Waals surface area (Å²) < 4.78 is 0. The quantitative estimate of drug-likeness (QED) is 0.602. The zero-order chi connectivity index (χ0) is 8.91. The highest BCUT2D eigenvalue weighted by Crippen LogP contribution is 2.27. The molecule has 0 radical (unpaired) electrons. The van der Waals surface area contributed by atoms with Crippen LogP contribution in [0.15, 0.2) is 12.2 Å². The molecular formula is C10H21N. The van der Waals surface area contributed by atoms with Gasteiger partial charge in [-0.1, -0.05) is 19.4 Å². The first-order valence-electron chi connectivity index (χ1n) is 4.27. The molecule has 0 aliphatic rings. The van der Waals surface area contributed by atoms with E-state index in [-0.39, 0.29) is 0 Å². The minimum Gasteiger partial charge on any atom is -0.320 e. The standard InChI is InChI=1S/C10H21N/c1-9(2)8-10(3,4)6-7-11-5/h11H,1,6-8H2,2-5H3. The predicted molar refractivity (Wildman–Crippen MR) is 51.8 cm³/mol. The van der Waals surface area contributed by atoms with Gasteiger partial charge in [-0.3, -0.25) is 0 Å². The van der Waals surface area contributed by atoms with Gasteiger partial charge in [0.05, 0.1) is 0 Å². The fourth-order valence-electron chi connectivity index (χ4n) is 1.37. The first-order chi connectivity index (χ1) is 4.98. The van der Waals surface area contributed by atoms with Crippen LogP contribution in [0.5, 0.6) is 0 Å². The van der Waals surface area contributed by atoms with Gasteiger partial charge in [0.1, 0.15) is 0 Å². The van der Waals surface area contributed by atoms with Gasteiger partial charge in [0.15, 0.2) is 0 Å². The first kappa shape index (κ1) is 10.7. The van der Waals surface area contributed by atoms with E-state index in [1.54, 1.807) is 0 Å². The fraction of sp³-hybridized carbons (Fsp3) is 0.800. The molecule has 0 bridgehead atoms. The summed E-state index contributed by atoms with van der Waals surface area (Å²) in [7, 11) is 2.00. The largest absolute Gasteiger partial charge is 0.320 e. The lowest BCUT2D eigenvalue weighted by Crippen LogP contribution is -2.19. The normalized spacial score (nSPS) is 11.6. The minimum absolute atomic E-state index is 0.412. The Morgan fingerprint density at radius 1 is 1.45 bits per heavy atom. The number of rotatable bonds is 5. The maximum absolute atomic E-state index is 3.93. The van der Waals surface area contributed by atoms with Crippen molar-refractivity contribution in [2.75, 3.05) is 13.6 Å². The van der Waals surface area contributed by atoms with E-state index in [2.05, 4.69) is 32.7 Å². The summed E-state index contributed by atoms with van der Waals surface area (Å²) in [6, 6.07) is 0. The average molecular weight is 155 g/mol. The van der Waals surface area contributed by atoms with Crippen molar-refractivity contribution in [3.63, 3.8) is 0 Å². The summed E-state index contributed by atoms with van der Waals surface area (Å²) in [6.07, 6.45) is 2.35. The van der Waals surface area contributed by atoms with E-state index in [4.69, 9.17) is 0 Å². The highest BCUT2D eigenvalue weighted by molar-refractivity contribution is 4.93. The molecule has 66 valence electrons. The monoisotopic (exact) mass is 155 g/mol. The zero-order valence-corrected chi connectivity index (χ0v) is 8.33. The Kier molecular flexibility index (Phi) is 4.43. The van der Waals surface area contributed by atoms with Gasteiger partial charge in [-0.25, -0.2) is 0 Å². The molecule has 0 amide bonds. The third-order valence-corrected chi connectivity index (χ3v) is 1.83. The molecule has 1 N–H and O–H groups in total. The highest BCUT2D eigenvalue weighted by Gasteiger charge is 2.16. The molecule has 0 aromatic heterocycles. The Morgan fingerprint density at radius 2 is 2.00 bits per heavy atom. The molecule has 0 saturated carbocycles. The molecule has 1 heteroatoms. The van der Waals surface area contributed by atoms with E-state index < -0.39 is 0 Å². The van der Waals surface area contributed by atoms with Crippen molar-refractivity contribution in [1.29, 1.82) is 0 Å². The Labute approximate surface area is 70.9 Å². The lowest BCUT2D eigenvalue weighted by molar-refractivity contribution is 0.329. The van der Waals surface area contributed by atoms with E-state index >= 15 is 0 Å². The molecule has 0 heterocycles. The van der Waals surface area contributed by atoms with Crippen LogP contribution in [0.2, 0.25) is 0 Å². The fourth-order valence-corrected chi connectivity index (χ4v) is 1.37. The van der Waals surface area contributed by atoms with E-state index in [9.17, 15) is 0 Å². The predicted octanol–water partition coefficient (Wildman–Crippen LogP) is 2.59. The van der Waals surface area contributed by atoms with E-state index in [1.165, 1.54) is 12.0 Å². The van der Waals surface area contributed by atoms with E-state index in [0.29, 0.717) is 5.41 Å². The average Bonchev–Trinajstić information content (AvgIpc) is 1.81. The number of hydrogen-bond donors (Lipinski definition) is 1. The van der Waals surface area contributed by atoms with Crippen LogP contribution in [-0.4, -0.2) is 13.6 Å². The molecule has 0 aromatic rings. The van der Waals surface area contributed by atoms with Gasteiger partial charge in [-0.05, 0) is 38.8 Å². The van der Waals surface area contributed by atoms with Crippen LogP contribution < -0.4 is 5.32 Å².